The van der Waals surface area contributed by atoms with Crippen molar-refractivity contribution in [1.82, 2.24) is 0 Å². The maximum atomic E-state index is 12.2. The van der Waals surface area contributed by atoms with Crippen LogP contribution in [-0.2, 0) is 10.5 Å². The van der Waals surface area contributed by atoms with E-state index >= 15 is 0 Å². The third kappa shape index (κ3) is 5.87. The number of nitrogens with one attached hydrogen (secondary N) is 2. The zero-order valence-corrected chi connectivity index (χ0v) is 16.6. The fourth-order valence-electron chi connectivity index (χ4n) is 2.49. The van der Waals surface area contributed by atoms with Crippen LogP contribution in [0, 0.1) is 0 Å². The number of carbonyl (C=O) groups is 2. The molecule has 4 nitrogen and oxygen atoms in total. The molecule has 0 atom stereocenters. The highest BCUT2D eigenvalue weighted by Gasteiger charge is 2.08. The van der Waals surface area contributed by atoms with Gasteiger partial charge in [-0.25, -0.2) is 0 Å². The van der Waals surface area contributed by atoms with E-state index < -0.39 is 0 Å². The van der Waals surface area contributed by atoms with Crippen molar-refractivity contribution in [2.45, 2.75) is 5.75 Å². The summed E-state index contributed by atoms with van der Waals surface area (Å²) in [6.07, 6.45) is 0. The Balaban J connectivity index is 1.46. The van der Waals surface area contributed by atoms with E-state index in [1.807, 2.05) is 54.6 Å². The number of hydrogen-bond acceptors (Lipinski definition) is 3. The van der Waals surface area contributed by atoms with Gasteiger partial charge in [-0.15, -0.1) is 11.8 Å². The zero-order chi connectivity index (χ0) is 19.8. The van der Waals surface area contributed by atoms with Crippen LogP contribution in [0.5, 0.6) is 0 Å². The number of para-hydroxylation sites is 2. The van der Waals surface area contributed by atoms with Gasteiger partial charge >= 0.3 is 0 Å². The van der Waals surface area contributed by atoms with E-state index in [9.17, 15) is 9.59 Å². The fraction of sp³-hybridized carbons (Fsp3) is 0.0909. The molecule has 0 spiro atoms. The maximum Gasteiger partial charge on any atom is 0.255 e. The number of thioether (sulfide) groups is 1. The Morgan fingerprint density at radius 3 is 2.21 bits per heavy atom. The molecule has 0 saturated heterocycles. The monoisotopic (exact) mass is 410 g/mol. The molecule has 2 N–H and O–H groups in total. The van der Waals surface area contributed by atoms with Gasteiger partial charge < -0.3 is 10.6 Å². The molecule has 0 fully saturated rings. The molecule has 0 unspecified atom stereocenters. The van der Waals surface area contributed by atoms with Crippen LogP contribution in [0.25, 0.3) is 0 Å². The smallest absolute Gasteiger partial charge is 0.255 e. The molecule has 0 bridgehead atoms. The van der Waals surface area contributed by atoms with E-state index in [1.165, 1.54) is 11.8 Å². The lowest BCUT2D eigenvalue weighted by molar-refractivity contribution is -0.113. The molecule has 0 aliphatic rings. The standard InChI is InChI=1S/C22H19ClN2O2S/c23-19-8-4-5-9-20(19)25-21(26)15-28-14-16-10-12-17(13-11-16)22(27)24-18-6-2-1-3-7-18/h1-13H,14-15H2,(H,24,27)(H,25,26). The fourth-order valence-corrected chi connectivity index (χ4v) is 3.46. The minimum absolute atomic E-state index is 0.100. The lowest BCUT2D eigenvalue weighted by atomic mass is 10.1. The maximum absolute atomic E-state index is 12.2. The molecule has 0 aliphatic carbocycles. The molecule has 0 aromatic heterocycles. The second-order valence-electron chi connectivity index (χ2n) is 6.04. The summed E-state index contributed by atoms with van der Waals surface area (Å²) >= 11 is 7.54. The summed E-state index contributed by atoms with van der Waals surface area (Å²) < 4.78 is 0. The Labute approximate surface area is 173 Å². The van der Waals surface area contributed by atoms with Crippen LogP contribution in [-0.4, -0.2) is 17.6 Å². The van der Waals surface area contributed by atoms with E-state index in [0.29, 0.717) is 27.8 Å². The second-order valence-corrected chi connectivity index (χ2v) is 7.43. The summed E-state index contributed by atoms with van der Waals surface area (Å²) in [5, 5.41) is 6.17. The van der Waals surface area contributed by atoms with Gasteiger partial charge in [0.25, 0.3) is 5.91 Å². The molecular formula is C22H19ClN2O2S. The van der Waals surface area contributed by atoms with Crippen LogP contribution in [0.4, 0.5) is 11.4 Å². The molecule has 0 saturated carbocycles. The van der Waals surface area contributed by atoms with Crippen LogP contribution < -0.4 is 10.6 Å². The van der Waals surface area contributed by atoms with Gasteiger partial charge in [0, 0.05) is 17.0 Å². The summed E-state index contributed by atoms with van der Waals surface area (Å²) in [5.74, 6) is 0.749. The SMILES string of the molecule is O=C(CSCc1ccc(C(=O)Nc2ccccc2)cc1)Nc1ccccc1Cl. The first-order chi connectivity index (χ1) is 13.6. The predicted molar refractivity (Wildman–Crippen MR) is 117 cm³/mol. The molecular weight excluding hydrogens is 392 g/mol. The Kier molecular flexibility index (Phi) is 7.12. The molecule has 0 heterocycles. The van der Waals surface area contributed by atoms with E-state index in [-0.39, 0.29) is 11.8 Å². The highest BCUT2D eigenvalue weighted by molar-refractivity contribution is 7.99. The van der Waals surface area contributed by atoms with E-state index in [4.69, 9.17) is 11.6 Å². The topological polar surface area (TPSA) is 58.2 Å². The average Bonchev–Trinajstić information content (AvgIpc) is 2.71. The molecule has 2 amide bonds. The van der Waals surface area contributed by atoms with Crippen LogP contribution in [0.3, 0.4) is 0 Å². The van der Waals surface area contributed by atoms with Gasteiger partial charge in [0.2, 0.25) is 5.91 Å². The van der Waals surface area contributed by atoms with Gasteiger partial charge in [-0.1, -0.05) is 54.1 Å². The molecule has 3 aromatic rings. The lowest BCUT2D eigenvalue weighted by Crippen LogP contribution is -2.14. The van der Waals surface area contributed by atoms with E-state index in [1.54, 1.807) is 24.3 Å². The summed E-state index contributed by atoms with van der Waals surface area (Å²) in [5.41, 5.74) is 3.01. The summed E-state index contributed by atoms with van der Waals surface area (Å²) in [6.45, 7) is 0. The van der Waals surface area contributed by atoms with Crippen molar-refractivity contribution in [3.05, 3.63) is 95.0 Å². The largest absolute Gasteiger partial charge is 0.324 e. The summed E-state index contributed by atoms with van der Waals surface area (Å²) in [7, 11) is 0. The number of carbonyl (C=O) groups excluding carboxylic acids is 2. The number of hydrogen-bond donors (Lipinski definition) is 2. The zero-order valence-electron chi connectivity index (χ0n) is 15.0. The number of amides is 2. The van der Waals surface area contributed by atoms with Crippen LogP contribution in [0.2, 0.25) is 5.02 Å². The Morgan fingerprint density at radius 2 is 1.50 bits per heavy atom. The third-order valence-electron chi connectivity index (χ3n) is 3.90. The van der Waals surface area contributed by atoms with Gasteiger partial charge in [0.05, 0.1) is 16.5 Å². The first-order valence-corrected chi connectivity index (χ1v) is 10.2. The molecule has 6 heteroatoms. The van der Waals surface area contributed by atoms with Gasteiger partial charge in [-0.05, 0) is 42.0 Å². The first kappa shape index (κ1) is 20.0. The van der Waals surface area contributed by atoms with Crippen molar-refractivity contribution in [1.29, 1.82) is 0 Å². The molecule has 28 heavy (non-hydrogen) atoms. The molecule has 0 radical (unpaired) electrons. The molecule has 0 aliphatic heterocycles. The average molecular weight is 411 g/mol. The van der Waals surface area contributed by atoms with Crippen molar-refractivity contribution in [3.8, 4) is 0 Å². The summed E-state index contributed by atoms with van der Waals surface area (Å²) in [4.78, 5) is 24.3. The van der Waals surface area contributed by atoms with Crippen LogP contribution in [0.15, 0.2) is 78.9 Å². The van der Waals surface area contributed by atoms with Gasteiger partial charge in [0.1, 0.15) is 0 Å². The number of halogens is 1. The minimum Gasteiger partial charge on any atom is -0.324 e. The highest BCUT2D eigenvalue weighted by atomic mass is 35.5. The van der Waals surface area contributed by atoms with E-state index in [2.05, 4.69) is 10.6 Å². The second kappa shape index (κ2) is 9.97. The van der Waals surface area contributed by atoms with Crippen LogP contribution >= 0.6 is 23.4 Å². The number of benzene rings is 3. The van der Waals surface area contributed by atoms with Crippen molar-refractivity contribution >= 4 is 46.6 Å². The normalized spacial score (nSPS) is 10.3. The van der Waals surface area contributed by atoms with Gasteiger partial charge in [-0.2, -0.15) is 0 Å². The molecule has 3 rings (SSSR count). The summed E-state index contributed by atoms with van der Waals surface area (Å²) in [6, 6.07) is 23.9. The highest BCUT2D eigenvalue weighted by Crippen LogP contribution is 2.21. The lowest BCUT2D eigenvalue weighted by Gasteiger charge is -2.08. The van der Waals surface area contributed by atoms with Gasteiger partial charge in [-0.3, -0.25) is 9.59 Å². The van der Waals surface area contributed by atoms with Crippen molar-refractivity contribution in [3.63, 3.8) is 0 Å². The number of anilines is 2. The predicted octanol–water partition coefficient (Wildman–Crippen LogP) is 5.46. The van der Waals surface area contributed by atoms with Crippen molar-refractivity contribution in [2.24, 2.45) is 0 Å². The Morgan fingerprint density at radius 1 is 0.821 bits per heavy atom. The molecule has 142 valence electrons. The van der Waals surface area contributed by atoms with Crippen LogP contribution in [0.1, 0.15) is 15.9 Å². The number of rotatable bonds is 7. The van der Waals surface area contributed by atoms with Crippen molar-refractivity contribution < 1.29 is 9.59 Å². The van der Waals surface area contributed by atoms with Gasteiger partial charge in [0.15, 0.2) is 0 Å². The third-order valence-corrected chi connectivity index (χ3v) is 5.23. The molecule has 3 aromatic carbocycles. The van der Waals surface area contributed by atoms with E-state index in [0.717, 1.165) is 11.3 Å². The quantitative estimate of drug-likeness (QED) is 0.543. The van der Waals surface area contributed by atoms with Crippen molar-refractivity contribution in [2.75, 3.05) is 16.4 Å². The minimum atomic E-state index is -0.149. The first-order valence-electron chi connectivity index (χ1n) is 8.69. The Bertz CT molecular complexity index is 946. The Hall–Kier alpha value is -2.76.